The predicted molar refractivity (Wildman–Crippen MR) is 99.1 cm³/mol. The maximum absolute atomic E-state index is 12.9. The molecule has 0 fully saturated rings. The summed E-state index contributed by atoms with van der Waals surface area (Å²) in [5, 5.41) is 14.3. The summed E-state index contributed by atoms with van der Waals surface area (Å²) in [6.45, 7) is 1.16. The molecular weight excluding hydrogens is 342 g/mol. The molecule has 0 aliphatic carbocycles. The van der Waals surface area contributed by atoms with Crippen LogP contribution in [0.15, 0.2) is 60.9 Å². The summed E-state index contributed by atoms with van der Waals surface area (Å²) in [6.07, 6.45) is 2.90. The quantitative estimate of drug-likeness (QED) is 0.722. The van der Waals surface area contributed by atoms with E-state index in [0.29, 0.717) is 19.6 Å². The summed E-state index contributed by atoms with van der Waals surface area (Å²) in [5.74, 6) is 1.09. The monoisotopic (exact) mass is 363 g/mol. The van der Waals surface area contributed by atoms with Gasteiger partial charge in [-0.3, -0.25) is 4.79 Å². The highest BCUT2D eigenvalue weighted by Gasteiger charge is 2.25. The zero-order valence-corrected chi connectivity index (χ0v) is 14.9. The number of ether oxygens (including phenoxy) is 1. The molecule has 27 heavy (non-hydrogen) atoms. The van der Waals surface area contributed by atoms with Gasteiger partial charge in [0.2, 0.25) is 5.91 Å². The smallest absolute Gasteiger partial charge is 0.245 e. The molecule has 0 saturated heterocycles. The van der Waals surface area contributed by atoms with Gasteiger partial charge in [-0.1, -0.05) is 48.5 Å². The van der Waals surface area contributed by atoms with Gasteiger partial charge in [0.05, 0.1) is 6.61 Å². The van der Waals surface area contributed by atoms with Crippen molar-refractivity contribution in [2.24, 2.45) is 5.92 Å². The molecule has 1 aliphatic rings. The minimum absolute atomic E-state index is 0.0926. The van der Waals surface area contributed by atoms with E-state index in [4.69, 9.17) is 4.74 Å². The Morgan fingerprint density at radius 3 is 2.81 bits per heavy atom. The molecule has 0 saturated carbocycles. The number of fused-ring (bicyclic) bond motifs is 1. The second-order valence-electron chi connectivity index (χ2n) is 6.73. The highest BCUT2D eigenvalue weighted by molar-refractivity contribution is 5.80. The van der Waals surface area contributed by atoms with Gasteiger partial charge in [-0.15, -0.1) is 5.10 Å². The van der Waals surface area contributed by atoms with Gasteiger partial charge in [-0.2, -0.15) is 0 Å². The molecule has 1 aromatic heterocycles. The number of tetrazole rings is 1. The first kappa shape index (κ1) is 17.2. The van der Waals surface area contributed by atoms with E-state index in [1.165, 1.54) is 16.6 Å². The molecule has 7 heteroatoms. The van der Waals surface area contributed by atoms with Crippen LogP contribution in [-0.4, -0.2) is 39.3 Å². The van der Waals surface area contributed by atoms with Crippen LogP contribution in [0.5, 0.6) is 5.75 Å². The Hall–Kier alpha value is -3.22. The third-order valence-corrected chi connectivity index (χ3v) is 4.78. The molecule has 1 amide bonds. The van der Waals surface area contributed by atoms with Crippen molar-refractivity contribution in [3.63, 3.8) is 0 Å². The van der Waals surface area contributed by atoms with Gasteiger partial charge in [-0.25, -0.2) is 4.68 Å². The molecule has 138 valence electrons. The summed E-state index contributed by atoms with van der Waals surface area (Å²) in [4.78, 5) is 12.9. The Morgan fingerprint density at radius 2 is 2.00 bits per heavy atom. The largest absolute Gasteiger partial charge is 0.493 e. The molecular formula is C20H21N5O2. The number of nitrogens with one attached hydrogen (secondary N) is 1. The summed E-state index contributed by atoms with van der Waals surface area (Å²) in [5.41, 5.74) is 2.24. The van der Waals surface area contributed by atoms with Crippen LogP contribution in [0.25, 0.3) is 0 Å². The number of carbonyl (C=O) groups excluding carboxylic acids is 1. The van der Waals surface area contributed by atoms with E-state index in [9.17, 15) is 4.79 Å². The lowest BCUT2D eigenvalue weighted by atomic mass is 9.96. The molecule has 2 aromatic carbocycles. The number of carbonyl (C=O) groups is 1. The van der Waals surface area contributed by atoms with Crippen LogP contribution >= 0.6 is 0 Å². The molecule has 7 nitrogen and oxygen atoms in total. The van der Waals surface area contributed by atoms with Crippen molar-refractivity contribution < 1.29 is 9.53 Å². The molecule has 1 aliphatic heterocycles. The molecule has 0 radical (unpaired) electrons. The average molecular weight is 363 g/mol. The molecule has 3 aromatic rings. The number of hydrogen-bond donors (Lipinski definition) is 1. The molecule has 0 bridgehead atoms. The number of amides is 1. The fraction of sp³-hybridized carbons (Fsp3) is 0.300. The average Bonchev–Trinajstić information content (AvgIpc) is 3.25. The van der Waals surface area contributed by atoms with Crippen LogP contribution < -0.4 is 10.1 Å². The minimum atomic E-state index is -0.487. The summed E-state index contributed by atoms with van der Waals surface area (Å²) in [7, 11) is 0. The van der Waals surface area contributed by atoms with Crippen LogP contribution in [0.2, 0.25) is 0 Å². The first-order valence-electron chi connectivity index (χ1n) is 9.04. The first-order chi connectivity index (χ1) is 13.3. The normalized spacial score (nSPS) is 16.8. The van der Waals surface area contributed by atoms with E-state index in [0.717, 1.165) is 17.7 Å². The van der Waals surface area contributed by atoms with E-state index in [2.05, 4.69) is 26.9 Å². The van der Waals surface area contributed by atoms with Crippen molar-refractivity contribution in [1.29, 1.82) is 0 Å². The lowest BCUT2D eigenvalue weighted by Crippen LogP contribution is -2.39. The topological polar surface area (TPSA) is 81.9 Å². The van der Waals surface area contributed by atoms with E-state index in [1.54, 1.807) is 0 Å². The van der Waals surface area contributed by atoms with Crippen LogP contribution in [0.1, 0.15) is 17.2 Å². The fourth-order valence-electron chi connectivity index (χ4n) is 3.34. The standard InChI is InChI=1S/C20H21N5O2/c26-20(21-12-16-10-17-8-4-5-9-19(17)27-13-16)18(25-14-22-23-24-25)11-15-6-2-1-3-7-15/h1-9,14,16,18H,10-13H2,(H,21,26). The van der Waals surface area contributed by atoms with Crippen molar-refractivity contribution in [3.05, 3.63) is 72.1 Å². The van der Waals surface area contributed by atoms with E-state index in [1.807, 2.05) is 48.5 Å². The molecule has 2 unspecified atom stereocenters. The van der Waals surface area contributed by atoms with Gasteiger partial charge in [0, 0.05) is 18.9 Å². The number of aromatic nitrogens is 4. The summed E-state index contributed by atoms with van der Waals surface area (Å²) < 4.78 is 7.32. The van der Waals surface area contributed by atoms with E-state index >= 15 is 0 Å². The Bertz CT molecular complexity index is 882. The zero-order chi connectivity index (χ0) is 18.5. The lowest BCUT2D eigenvalue weighted by Gasteiger charge is -2.26. The number of benzene rings is 2. The first-order valence-corrected chi connectivity index (χ1v) is 9.04. The van der Waals surface area contributed by atoms with Crippen molar-refractivity contribution in [3.8, 4) is 5.75 Å². The zero-order valence-electron chi connectivity index (χ0n) is 14.9. The van der Waals surface area contributed by atoms with Crippen molar-refractivity contribution >= 4 is 5.91 Å². The van der Waals surface area contributed by atoms with Crippen molar-refractivity contribution in [1.82, 2.24) is 25.5 Å². The molecule has 2 heterocycles. The van der Waals surface area contributed by atoms with Gasteiger partial charge in [-0.05, 0) is 34.0 Å². The van der Waals surface area contributed by atoms with Gasteiger partial charge in [0.15, 0.2) is 0 Å². The molecule has 4 rings (SSSR count). The van der Waals surface area contributed by atoms with Crippen molar-refractivity contribution in [2.45, 2.75) is 18.9 Å². The lowest BCUT2D eigenvalue weighted by molar-refractivity contribution is -0.124. The summed E-state index contributed by atoms with van der Waals surface area (Å²) >= 11 is 0. The number of hydrogen-bond acceptors (Lipinski definition) is 5. The van der Waals surface area contributed by atoms with Gasteiger partial charge < -0.3 is 10.1 Å². The summed E-state index contributed by atoms with van der Waals surface area (Å²) in [6, 6.07) is 17.4. The predicted octanol–water partition coefficient (Wildman–Crippen LogP) is 1.82. The van der Waals surface area contributed by atoms with Crippen LogP contribution in [0, 0.1) is 5.92 Å². The Labute approximate surface area is 157 Å². The third-order valence-electron chi connectivity index (χ3n) is 4.78. The highest BCUT2D eigenvalue weighted by Crippen LogP contribution is 2.26. The number of nitrogens with zero attached hydrogens (tertiary/aromatic N) is 4. The number of rotatable bonds is 6. The Balaban J connectivity index is 1.40. The Morgan fingerprint density at radius 1 is 1.19 bits per heavy atom. The molecule has 2 atom stereocenters. The fourth-order valence-corrected chi connectivity index (χ4v) is 3.34. The minimum Gasteiger partial charge on any atom is -0.493 e. The van der Waals surface area contributed by atoms with E-state index in [-0.39, 0.29) is 11.8 Å². The van der Waals surface area contributed by atoms with Gasteiger partial charge >= 0.3 is 0 Å². The van der Waals surface area contributed by atoms with Crippen LogP contribution in [-0.2, 0) is 17.6 Å². The molecule has 0 spiro atoms. The van der Waals surface area contributed by atoms with Gasteiger partial charge in [0.1, 0.15) is 18.1 Å². The molecule has 1 N–H and O–H groups in total. The highest BCUT2D eigenvalue weighted by atomic mass is 16.5. The van der Waals surface area contributed by atoms with Crippen LogP contribution in [0.3, 0.4) is 0 Å². The number of para-hydroxylation sites is 1. The van der Waals surface area contributed by atoms with Crippen molar-refractivity contribution in [2.75, 3.05) is 13.2 Å². The third kappa shape index (κ3) is 4.13. The SMILES string of the molecule is O=C(NCC1COc2ccccc2C1)C(Cc1ccccc1)n1cnnn1. The van der Waals surface area contributed by atoms with E-state index < -0.39 is 6.04 Å². The van der Waals surface area contributed by atoms with Gasteiger partial charge in [0.25, 0.3) is 0 Å². The maximum atomic E-state index is 12.9. The Kier molecular flexibility index (Phi) is 5.09. The van der Waals surface area contributed by atoms with Crippen LogP contribution in [0.4, 0.5) is 0 Å². The second kappa shape index (κ2) is 7.99. The second-order valence-corrected chi connectivity index (χ2v) is 6.73. The maximum Gasteiger partial charge on any atom is 0.245 e.